The lowest BCUT2D eigenvalue weighted by Crippen LogP contribution is -1.97. The molecule has 1 heterocycles. The standard InChI is InChI=1S/C12H12N2O4/c1-7-8(3-2-4-9(7)15)12-14-13-10(18-12)5-6-11(16)17/h2-4,15H,5-6H2,1H3,(H,16,17). The molecule has 0 amide bonds. The molecule has 2 N–H and O–H groups in total. The number of aromatic hydroxyl groups is 1. The van der Waals surface area contributed by atoms with Gasteiger partial charge in [-0.1, -0.05) is 6.07 Å². The zero-order chi connectivity index (χ0) is 13.1. The highest BCUT2D eigenvalue weighted by atomic mass is 16.4. The van der Waals surface area contributed by atoms with E-state index in [0.29, 0.717) is 11.1 Å². The highest BCUT2D eigenvalue weighted by molar-refractivity contribution is 5.67. The molecule has 0 bridgehead atoms. The molecule has 1 aromatic carbocycles. The van der Waals surface area contributed by atoms with E-state index in [0.717, 1.165) is 0 Å². The largest absolute Gasteiger partial charge is 0.508 e. The summed E-state index contributed by atoms with van der Waals surface area (Å²) < 4.78 is 5.36. The number of carboxylic acids is 1. The highest BCUT2D eigenvalue weighted by Crippen LogP contribution is 2.28. The monoisotopic (exact) mass is 248 g/mol. The Morgan fingerprint density at radius 2 is 2.17 bits per heavy atom. The van der Waals surface area contributed by atoms with Gasteiger partial charge in [-0.15, -0.1) is 10.2 Å². The minimum atomic E-state index is -0.914. The molecule has 0 fully saturated rings. The van der Waals surface area contributed by atoms with Crippen molar-refractivity contribution >= 4 is 5.97 Å². The molecule has 6 heteroatoms. The fourth-order valence-electron chi connectivity index (χ4n) is 1.53. The van der Waals surface area contributed by atoms with Gasteiger partial charge in [-0.05, 0) is 19.1 Å². The lowest BCUT2D eigenvalue weighted by Gasteiger charge is -2.02. The molecule has 0 aliphatic rings. The maximum Gasteiger partial charge on any atom is 0.303 e. The number of benzene rings is 1. The number of phenolic OH excluding ortho intramolecular Hbond substituents is 1. The van der Waals surface area contributed by atoms with Crippen molar-refractivity contribution in [1.29, 1.82) is 0 Å². The van der Waals surface area contributed by atoms with Crippen LogP contribution in [0.4, 0.5) is 0 Å². The molecule has 18 heavy (non-hydrogen) atoms. The van der Waals surface area contributed by atoms with Crippen LogP contribution in [0.15, 0.2) is 22.6 Å². The van der Waals surface area contributed by atoms with Crippen molar-refractivity contribution in [3.8, 4) is 17.2 Å². The van der Waals surface area contributed by atoms with Gasteiger partial charge < -0.3 is 14.6 Å². The van der Waals surface area contributed by atoms with Gasteiger partial charge in [-0.25, -0.2) is 0 Å². The fourth-order valence-corrected chi connectivity index (χ4v) is 1.53. The minimum Gasteiger partial charge on any atom is -0.508 e. The minimum absolute atomic E-state index is 0.0549. The predicted octanol–water partition coefficient (Wildman–Crippen LogP) is 1.77. The van der Waals surface area contributed by atoms with Gasteiger partial charge in [-0.2, -0.15) is 0 Å². The van der Waals surface area contributed by atoms with Crippen molar-refractivity contribution in [2.45, 2.75) is 19.8 Å². The zero-order valence-corrected chi connectivity index (χ0v) is 9.75. The molecule has 0 radical (unpaired) electrons. The first kappa shape index (κ1) is 12.1. The summed E-state index contributed by atoms with van der Waals surface area (Å²) in [6.07, 6.45) is 0.140. The average Bonchev–Trinajstić information content (AvgIpc) is 2.78. The summed E-state index contributed by atoms with van der Waals surface area (Å²) in [6.45, 7) is 1.74. The van der Waals surface area contributed by atoms with Crippen LogP contribution in [0.25, 0.3) is 11.5 Å². The summed E-state index contributed by atoms with van der Waals surface area (Å²) >= 11 is 0. The van der Waals surface area contributed by atoms with Gasteiger partial charge in [0.25, 0.3) is 0 Å². The number of aryl methyl sites for hydroxylation is 1. The van der Waals surface area contributed by atoms with E-state index in [1.165, 1.54) is 0 Å². The molecule has 2 rings (SSSR count). The van der Waals surface area contributed by atoms with Crippen molar-refractivity contribution < 1.29 is 19.4 Å². The molecule has 0 aliphatic heterocycles. The second kappa shape index (κ2) is 4.87. The van der Waals surface area contributed by atoms with E-state index in [9.17, 15) is 9.90 Å². The summed E-state index contributed by atoms with van der Waals surface area (Å²) in [4.78, 5) is 10.4. The molecule has 0 unspecified atom stereocenters. The quantitative estimate of drug-likeness (QED) is 0.855. The third kappa shape index (κ3) is 2.48. The number of nitrogens with zero attached hydrogens (tertiary/aromatic N) is 2. The van der Waals surface area contributed by atoms with Gasteiger partial charge in [0.05, 0.1) is 6.42 Å². The number of hydrogen-bond acceptors (Lipinski definition) is 5. The maximum absolute atomic E-state index is 10.4. The third-order valence-corrected chi connectivity index (χ3v) is 2.56. The van der Waals surface area contributed by atoms with E-state index in [4.69, 9.17) is 9.52 Å². The predicted molar refractivity (Wildman–Crippen MR) is 62.1 cm³/mol. The van der Waals surface area contributed by atoms with Crippen LogP contribution in [0, 0.1) is 6.92 Å². The van der Waals surface area contributed by atoms with Gasteiger partial charge in [0.15, 0.2) is 0 Å². The second-order valence-electron chi connectivity index (χ2n) is 3.84. The van der Waals surface area contributed by atoms with Crippen LogP contribution in [0.2, 0.25) is 0 Å². The van der Waals surface area contributed by atoms with E-state index in [1.54, 1.807) is 25.1 Å². The molecule has 0 spiro atoms. The Kier molecular flexibility index (Phi) is 3.27. The molecular formula is C12H12N2O4. The Morgan fingerprint density at radius 1 is 1.39 bits per heavy atom. The first-order chi connectivity index (χ1) is 8.58. The first-order valence-electron chi connectivity index (χ1n) is 5.41. The van der Waals surface area contributed by atoms with Gasteiger partial charge >= 0.3 is 5.97 Å². The lowest BCUT2D eigenvalue weighted by molar-refractivity contribution is -0.137. The van der Waals surface area contributed by atoms with Crippen LogP contribution in [-0.2, 0) is 11.2 Å². The number of rotatable bonds is 4. The van der Waals surface area contributed by atoms with Crippen LogP contribution >= 0.6 is 0 Å². The SMILES string of the molecule is Cc1c(O)cccc1-c1nnc(CCC(=O)O)o1. The smallest absolute Gasteiger partial charge is 0.303 e. The molecule has 6 nitrogen and oxygen atoms in total. The molecule has 0 aliphatic carbocycles. The Labute approximate surface area is 103 Å². The van der Waals surface area contributed by atoms with E-state index in [1.807, 2.05) is 0 Å². The number of carboxylic acid groups (broad SMARTS) is 1. The lowest BCUT2D eigenvalue weighted by atomic mass is 10.1. The average molecular weight is 248 g/mol. The zero-order valence-electron chi connectivity index (χ0n) is 9.75. The molecule has 0 saturated heterocycles. The molecule has 2 aromatic rings. The van der Waals surface area contributed by atoms with Gasteiger partial charge in [0.1, 0.15) is 5.75 Å². The van der Waals surface area contributed by atoms with Crippen molar-refractivity contribution in [3.05, 3.63) is 29.7 Å². The van der Waals surface area contributed by atoms with Crippen LogP contribution in [0.1, 0.15) is 17.9 Å². The van der Waals surface area contributed by atoms with Crippen LogP contribution in [0.3, 0.4) is 0 Å². The third-order valence-electron chi connectivity index (χ3n) is 2.56. The van der Waals surface area contributed by atoms with E-state index in [2.05, 4.69) is 10.2 Å². The number of aliphatic carboxylic acids is 1. The maximum atomic E-state index is 10.4. The van der Waals surface area contributed by atoms with Crippen molar-refractivity contribution in [2.75, 3.05) is 0 Å². The Bertz CT molecular complexity index is 577. The number of hydrogen-bond donors (Lipinski definition) is 2. The Balaban J connectivity index is 2.24. The first-order valence-corrected chi connectivity index (χ1v) is 5.41. The van der Waals surface area contributed by atoms with Gasteiger partial charge in [0.2, 0.25) is 11.8 Å². The summed E-state index contributed by atoms with van der Waals surface area (Å²) in [5, 5.41) is 25.8. The van der Waals surface area contributed by atoms with Crippen molar-refractivity contribution in [1.82, 2.24) is 10.2 Å². The summed E-state index contributed by atoms with van der Waals surface area (Å²) in [6, 6.07) is 5.00. The number of phenols is 1. The van der Waals surface area contributed by atoms with Crippen LogP contribution in [0.5, 0.6) is 5.75 Å². The molecule has 1 aromatic heterocycles. The van der Waals surface area contributed by atoms with Crippen LogP contribution in [-0.4, -0.2) is 26.4 Å². The van der Waals surface area contributed by atoms with E-state index >= 15 is 0 Å². The van der Waals surface area contributed by atoms with Crippen molar-refractivity contribution in [2.24, 2.45) is 0 Å². The summed E-state index contributed by atoms with van der Waals surface area (Å²) in [7, 11) is 0. The van der Waals surface area contributed by atoms with Crippen LogP contribution < -0.4 is 0 Å². The van der Waals surface area contributed by atoms with E-state index in [-0.39, 0.29) is 30.4 Å². The molecule has 94 valence electrons. The Morgan fingerprint density at radius 3 is 2.89 bits per heavy atom. The highest BCUT2D eigenvalue weighted by Gasteiger charge is 2.13. The molecular weight excluding hydrogens is 236 g/mol. The molecule has 0 atom stereocenters. The normalized spacial score (nSPS) is 10.5. The van der Waals surface area contributed by atoms with Crippen molar-refractivity contribution in [3.63, 3.8) is 0 Å². The molecule has 0 saturated carbocycles. The number of aromatic nitrogens is 2. The number of carbonyl (C=O) groups is 1. The van der Waals surface area contributed by atoms with Gasteiger partial charge in [-0.3, -0.25) is 4.79 Å². The summed E-state index contributed by atoms with van der Waals surface area (Å²) in [5.74, 6) is -0.208. The van der Waals surface area contributed by atoms with E-state index < -0.39 is 5.97 Å². The second-order valence-corrected chi connectivity index (χ2v) is 3.84. The summed E-state index contributed by atoms with van der Waals surface area (Å²) in [5.41, 5.74) is 1.29. The van der Waals surface area contributed by atoms with Gasteiger partial charge in [0, 0.05) is 17.5 Å². The topological polar surface area (TPSA) is 96.5 Å². The Hall–Kier alpha value is -2.37. The fraction of sp³-hybridized carbons (Fsp3) is 0.250.